The predicted octanol–water partition coefficient (Wildman–Crippen LogP) is 3.02. The van der Waals surface area contributed by atoms with Crippen LogP contribution in [0.25, 0.3) is 23.0 Å². The number of hydrogen-bond acceptors (Lipinski definition) is 5. The third kappa shape index (κ3) is 2.92. The molecular formula is C15H13ClN4O2. The van der Waals surface area contributed by atoms with Crippen LogP contribution in [-0.4, -0.2) is 19.9 Å². The largest absolute Gasteiger partial charge is 0.332 e. The normalized spacial score (nSPS) is 10.8. The Kier molecular flexibility index (Phi) is 4.02. The van der Waals surface area contributed by atoms with Crippen molar-refractivity contribution in [3.8, 4) is 23.0 Å². The molecule has 0 atom stereocenters. The molecule has 0 spiro atoms. The van der Waals surface area contributed by atoms with Crippen molar-refractivity contribution in [1.29, 1.82) is 0 Å². The molecule has 0 aliphatic heterocycles. The van der Waals surface area contributed by atoms with E-state index in [0.717, 1.165) is 12.0 Å². The van der Waals surface area contributed by atoms with Crippen molar-refractivity contribution in [3.63, 3.8) is 0 Å². The van der Waals surface area contributed by atoms with Crippen LogP contribution in [-0.2, 0) is 6.54 Å². The number of nitrogens with zero attached hydrogens (tertiary/aromatic N) is 4. The quantitative estimate of drug-likeness (QED) is 0.739. The number of aromatic nitrogens is 4. The Balaban J connectivity index is 1.95. The number of halogens is 1. The van der Waals surface area contributed by atoms with Gasteiger partial charge in [0.05, 0.1) is 0 Å². The fourth-order valence-corrected chi connectivity index (χ4v) is 2.10. The fraction of sp³-hybridized carbons (Fsp3) is 0.200. The van der Waals surface area contributed by atoms with Crippen LogP contribution in [0.5, 0.6) is 0 Å². The average Bonchev–Trinajstić information content (AvgIpc) is 3.00. The summed E-state index contributed by atoms with van der Waals surface area (Å²) in [7, 11) is 0. The number of hydrogen-bond donors (Lipinski definition) is 0. The zero-order chi connectivity index (χ0) is 15.5. The van der Waals surface area contributed by atoms with Crippen molar-refractivity contribution in [1.82, 2.24) is 19.9 Å². The first-order valence-electron chi connectivity index (χ1n) is 6.85. The summed E-state index contributed by atoms with van der Waals surface area (Å²) in [5, 5.41) is 8.81. The zero-order valence-electron chi connectivity index (χ0n) is 11.9. The molecule has 0 radical (unpaired) electrons. The van der Waals surface area contributed by atoms with E-state index in [-0.39, 0.29) is 11.4 Å². The molecule has 112 valence electrons. The van der Waals surface area contributed by atoms with Gasteiger partial charge < -0.3 is 4.52 Å². The van der Waals surface area contributed by atoms with Crippen LogP contribution < -0.4 is 5.56 Å². The maximum Gasteiger partial charge on any atom is 0.278 e. The SMILES string of the molecule is CCCn1nc(-c2nc(-c3ccc(Cl)cc3)no2)ccc1=O. The van der Waals surface area contributed by atoms with Crippen molar-refractivity contribution in [2.75, 3.05) is 0 Å². The molecule has 22 heavy (non-hydrogen) atoms. The lowest BCUT2D eigenvalue weighted by atomic mass is 10.2. The van der Waals surface area contributed by atoms with Gasteiger partial charge in [-0.1, -0.05) is 23.7 Å². The van der Waals surface area contributed by atoms with E-state index < -0.39 is 0 Å². The Morgan fingerprint density at radius 3 is 2.68 bits per heavy atom. The maximum absolute atomic E-state index is 11.7. The summed E-state index contributed by atoms with van der Waals surface area (Å²) in [5.74, 6) is 0.719. The lowest BCUT2D eigenvalue weighted by Crippen LogP contribution is -2.21. The highest BCUT2D eigenvalue weighted by molar-refractivity contribution is 6.30. The van der Waals surface area contributed by atoms with E-state index >= 15 is 0 Å². The number of benzene rings is 1. The summed E-state index contributed by atoms with van der Waals surface area (Å²) in [6.07, 6.45) is 0.816. The summed E-state index contributed by atoms with van der Waals surface area (Å²) in [4.78, 5) is 16.0. The molecule has 0 saturated carbocycles. The van der Waals surface area contributed by atoms with Crippen molar-refractivity contribution < 1.29 is 4.52 Å². The first-order valence-corrected chi connectivity index (χ1v) is 7.23. The molecule has 6 nitrogen and oxygen atoms in total. The van der Waals surface area contributed by atoms with E-state index in [9.17, 15) is 4.79 Å². The molecular weight excluding hydrogens is 304 g/mol. The van der Waals surface area contributed by atoms with Crippen LogP contribution in [0.2, 0.25) is 5.02 Å². The molecule has 0 aliphatic rings. The Hall–Kier alpha value is -2.47. The Bertz CT molecular complexity index is 839. The van der Waals surface area contributed by atoms with E-state index in [1.807, 2.05) is 19.1 Å². The Morgan fingerprint density at radius 2 is 1.95 bits per heavy atom. The second-order valence-corrected chi connectivity index (χ2v) is 5.15. The standard InChI is InChI=1S/C15H13ClN4O2/c1-2-9-20-13(21)8-7-12(18-20)15-17-14(19-22-15)10-3-5-11(16)6-4-10/h3-8H,2,9H2,1H3. The van der Waals surface area contributed by atoms with Crippen LogP contribution in [0.15, 0.2) is 45.7 Å². The van der Waals surface area contributed by atoms with Gasteiger partial charge in [0.2, 0.25) is 5.82 Å². The van der Waals surface area contributed by atoms with Crippen molar-refractivity contribution in [2.45, 2.75) is 19.9 Å². The molecule has 0 N–H and O–H groups in total. The third-order valence-electron chi connectivity index (χ3n) is 3.05. The lowest BCUT2D eigenvalue weighted by Gasteiger charge is -2.02. The summed E-state index contributed by atoms with van der Waals surface area (Å²) in [6.45, 7) is 2.52. The molecule has 0 aliphatic carbocycles. The molecule has 0 amide bonds. The highest BCUT2D eigenvalue weighted by atomic mass is 35.5. The van der Waals surface area contributed by atoms with Gasteiger partial charge in [0, 0.05) is 23.2 Å². The molecule has 2 aromatic heterocycles. The van der Waals surface area contributed by atoms with Gasteiger partial charge in [-0.05, 0) is 36.8 Å². The lowest BCUT2D eigenvalue weighted by molar-refractivity contribution is 0.428. The van der Waals surface area contributed by atoms with Crippen LogP contribution in [0.3, 0.4) is 0 Å². The Morgan fingerprint density at radius 1 is 1.18 bits per heavy atom. The topological polar surface area (TPSA) is 73.8 Å². The van der Waals surface area contributed by atoms with Gasteiger partial charge >= 0.3 is 0 Å². The number of aryl methyl sites for hydroxylation is 1. The molecule has 0 unspecified atom stereocenters. The fourth-order valence-electron chi connectivity index (χ4n) is 1.98. The van der Waals surface area contributed by atoms with Gasteiger partial charge in [-0.3, -0.25) is 4.79 Å². The van der Waals surface area contributed by atoms with E-state index in [1.54, 1.807) is 18.2 Å². The second-order valence-electron chi connectivity index (χ2n) is 4.71. The molecule has 1 aromatic carbocycles. The summed E-state index contributed by atoms with van der Waals surface area (Å²) >= 11 is 5.86. The van der Waals surface area contributed by atoms with Crippen LogP contribution in [0.1, 0.15) is 13.3 Å². The molecule has 0 fully saturated rings. The first kappa shape index (κ1) is 14.5. The minimum Gasteiger partial charge on any atom is -0.332 e. The van der Waals surface area contributed by atoms with E-state index in [4.69, 9.17) is 16.1 Å². The van der Waals surface area contributed by atoms with Crippen LogP contribution >= 0.6 is 11.6 Å². The van der Waals surface area contributed by atoms with Gasteiger partial charge in [0.25, 0.3) is 11.4 Å². The van der Waals surface area contributed by atoms with Crippen molar-refractivity contribution in [2.24, 2.45) is 0 Å². The minimum atomic E-state index is -0.150. The molecule has 2 heterocycles. The van der Waals surface area contributed by atoms with E-state index in [2.05, 4.69) is 15.2 Å². The summed E-state index contributed by atoms with van der Waals surface area (Å²) < 4.78 is 6.63. The molecule has 3 aromatic rings. The summed E-state index contributed by atoms with van der Waals surface area (Å²) in [5.41, 5.74) is 1.12. The zero-order valence-corrected chi connectivity index (χ0v) is 12.6. The predicted molar refractivity (Wildman–Crippen MR) is 82.5 cm³/mol. The molecule has 3 rings (SSSR count). The van der Waals surface area contributed by atoms with Gasteiger partial charge in [0.1, 0.15) is 5.69 Å². The van der Waals surface area contributed by atoms with E-state index in [0.29, 0.717) is 23.1 Å². The van der Waals surface area contributed by atoms with E-state index in [1.165, 1.54) is 10.7 Å². The minimum absolute atomic E-state index is 0.150. The highest BCUT2D eigenvalue weighted by Crippen LogP contribution is 2.21. The van der Waals surface area contributed by atoms with Crippen LogP contribution in [0, 0.1) is 0 Å². The van der Waals surface area contributed by atoms with Gasteiger partial charge in [-0.2, -0.15) is 10.1 Å². The Labute approximate surface area is 131 Å². The maximum atomic E-state index is 11.7. The van der Waals surface area contributed by atoms with Crippen LogP contribution in [0.4, 0.5) is 0 Å². The van der Waals surface area contributed by atoms with Gasteiger partial charge in [-0.15, -0.1) is 0 Å². The number of rotatable bonds is 4. The van der Waals surface area contributed by atoms with Gasteiger partial charge in [-0.25, -0.2) is 4.68 Å². The second kappa shape index (κ2) is 6.11. The highest BCUT2D eigenvalue weighted by Gasteiger charge is 2.13. The monoisotopic (exact) mass is 316 g/mol. The molecule has 0 saturated heterocycles. The molecule has 0 bridgehead atoms. The third-order valence-corrected chi connectivity index (χ3v) is 3.30. The first-order chi connectivity index (χ1) is 10.7. The van der Waals surface area contributed by atoms with Gasteiger partial charge in [0.15, 0.2) is 0 Å². The molecule has 7 heteroatoms. The van der Waals surface area contributed by atoms with Crippen molar-refractivity contribution in [3.05, 3.63) is 51.8 Å². The smallest absolute Gasteiger partial charge is 0.278 e. The van der Waals surface area contributed by atoms with Crippen molar-refractivity contribution >= 4 is 11.6 Å². The summed E-state index contributed by atoms with van der Waals surface area (Å²) in [6, 6.07) is 10.2. The average molecular weight is 317 g/mol.